The third kappa shape index (κ3) is 2.97. The van der Waals surface area contributed by atoms with Gasteiger partial charge in [-0.2, -0.15) is 0 Å². The number of thiazole rings is 1. The van der Waals surface area contributed by atoms with E-state index in [1.165, 1.54) is 11.1 Å². The summed E-state index contributed by atoms with van der Waals surface area (Å²) < 4.78 is 1.04. The Bertz CT molecular complexity index is 984. The minimum Gasteiger partial charge on any atom is -0.256 e. The summed E-state index contributed by atoms with van der Waals surface area (Å²) in [4.78, 5) is 8.98. The number of fused-ring (bicyclic) bond motifs is 1. The van der Waals surface area contributed by atoms with E-state index >= 15 is 0 Å². The molecule has 0 saturated carbocycles. The Hall–Kier alpha value is -1.75. The molecule has 0 saturated heterocycles. The second kappa shape index (κ2) is 6.63. The largest absolute Gasteiger partial charge is 0.256 e. The topological polar surface area (TPSA) is 25.8 Å². The van der Waals surface area contributed by atoms with Crippen molar-refractivity contribution in [1.29, 1.82) is 0 Å². The van der Waals surface area contributed by atoms with E-state index < -0.39 is 0 Å². The van der Waals surface area contributed by atoms with Crippen LogP contribution in [0.5, 0.6) is 0 Å². The third-order valence-electron chi connectivity index (χ3n) is 3.95. The molecular weight excluding hydrogens is 404 g/mol. The summed E-state index contributed by atoms with van der Waals surface area (Å²) in [7, 11) is 0. The molecule has 1 unspecified atom stereocenters. The molecule has 24 heavy (non-hydrogen) atoms. The smallest absolute Gasteiger partial charge is 0.104 e. The number of benzene rings is 2. The monoisotopic (exact) mass is 414 g/mol. The van der Waals surface area contributed by atoms with Gasteiger partial charge in [0.2, 0.25) is 0 Å². The van der Waals surface area contributed by atoms with Gasteiger partial charge in [0, 0.05) is 32.7 Å². The number of pyridine rings is 1. The van der Waals surface area contributed by atoms with Crippen molar-refractivity contribution in [3.8, 4) is 0 Å². The number of halogens is 2. The molecule has 0 aliphatic carbocycles. The van der Waals surface area contributed by atoms with Crippen molar-refractivity contribution in [2.45, 2.75) is 5.92 Å². The van der Waals surface area contributed by atoms with E-state index in [4.69, 9.17) is 11.6 Å². The highest BCUT2D eigenvalue weighted by molar-refractivity contribution is 9.10. The molecule has 4 aromatic rings. The third-order valence-corrected chi connectivity index (χ3v) is 5.73. The van der Waals surface area contributed by atoms with E-state index in [2.05, 4.69) is 56.2 Å². The standard InChI is InChI=1S/C19H12BrClN2S/c20-16-7-8-22-17-6-3-13(11-15(16)17)18(19-23-9-10-24-19)12-1-4-14(21)5-2-12/h1-11,18H. The number of aromatic nitrogens is 2. The zero-order valence-electron chi connectivity index (χ0n) is 12.5. The van der Waals surface area contributed by atoms with Crippen LogP contribution in [-0.4, -0.2) is 9.97 Å². The summed E-state index contributed by atoms with van der Waals surface area (Å²) in [5, 5.41) is 4.92. The summed E-state index contributed by atoms with van der Waals surface area (Å²) in [6.07, 6.45) is 3.66. The molecule has 2 nitrogen and oxygen atoms in total. The van der Waals surface area contributed by atoms with Gasteiger partial charge < -0.3 is 0 Å². The van der Waals surface area contributed by atoms with Gasteiger partial charge in [0.15, 0.2) is 0 Å². The Morgan fingerprint density at radius 2 is 1.71 bits per heavy atom. The Morgan fingerprint density at radius 1 is 0.917 bits per heavy atom. The normalized spacial score (nSPS) is 12.4. The van der Waals surface area contributed by atoms with Crippen LogP contribution in [0, 0.1) is 0 Å². The average Bonchev–Trinajstić information content (AvgIpc) is 3.12. The van der Waals surface area contributed by atoms with Gasteiger partial charge in [0.25, 0.3) is 0 Å². The summed E-state index contributed by atoms with van der Waals surface area (Å²) in [6, 6.07) is 16.3. The van der Waals surface area contributed by atoms with Gasteiger partial charge in [-0.3, -0.25) is 4.98 Å². The van der Waals surface area contributed by atoms with Crippen LogP contribution < -0.4 is 0 Å². The van der Waals surface area contributed by atoms with E-state index in [0.29, 0.717) is 0 Å². The summed E-state index contributed by atoms with van der Waals surface area (Å²) in [5.41, 5.74) is 3.34. The highest BCUT2D eigenvalue weighted by Crippen LogP contribution is 2.35. The van der Waals surface area contributed by atoms with Gasteiger partial charge in [0.1, 0.15) is 5.01 Å². The molecule has 0 radical (unpaired) electrons. The first-order valence-electron chi connectivity index (χ1n) is 7.41. The molecule has 2 aromatic heterocycles. The number of hydrogen-bond acceptors (Lipinski definition) is 3. The van der Waals surface area contributed by atoms with Crippen LogP contribution >= 0.6 is 38.9 Å². The lowest BCUT2D eigenvalue weighted by molar-refractivity contribution is 0.958. The zero-order valence-corrected chi connectivity index (χ0v) is 15.6. The summed E-state index contributed by atoms with van der Waals surface area (Å²) in [5.74, 6) is 0.0822. The lowest BCUT2D eigenvalue weighted by Gasteiger charge is -2.17. The lowest BCUT2D eigenvalue weighted by Crippen LogP contribution is -2.03. The fraction of sp³-hybridized carbons (Fsp3) is 0.0526. The van der Waals surface area contributed by atoms with Crippen LogP contribution in [0.25, 0.3) is 10.9 Å². The maximum absolute atomic E-state index is 6.06. The van der Waals surface area contributed by atoms with Crippen molar-refractivity contribution in [2.24, 2.45) is 0 Å². The van der Waals surface area contributed by atoms with E-state index in [9.17, 15) is 0 Å². The minimum absolute atomic E-state index is 0.0822. The predicted molar refractivity (Wildman–Crippen MR) is 104 cm³/mol. The molecule has 4 rings (SSSR count). The maximum atomic E-state index is 6.06. The van der Waals surface area contributed by atoms with Gasteiger partial charge >= 0.3 is 0 Å². The van der Waals surface area contributed by atoms with Crippen LogP contribution in [0.1, 0.15) is 22.1 Å². The first kappa shape index (κ1) is 15.8. The van der Waals surface area contributed by atoms with Crippen LogP contribution in [0.2, 0.25) is 5.02 Å². The van der Waals surface area contributed by atoms with Gasteiger partial charge in [0.05, 0.1) is 11.4 Å². The number of rotatable bonds is 3. The molecule has 0 aliphatic rings. The molecular formula is C19H12BrClN2S. The fourth-order valence-corrected chi connectivity index (χ4v) is 4.17. The molecule has 1 atom stereocenters. The Morgan fingerprint density at radius 3 is 2.46 bits per heavy atom. The lowest BCUT2D eigenvalue weighted by atomic mass is 9.91. The second-order valence-electron chi connectivity index (χ2n) is 5.42. The molecule has 118 valence electrons. The Balaban J connectivity index is 1.90. The van der Waals surface area contributed by atoms with Crippen molar-refractivity contribution >= 4 is 49.8 Å². The fourth-order valence-electron chi connectivity index (χ4n) is 2.82. The quantitative estimate of drug-likeness (QED) is 0.393. The highest BCUT2D eigenvalue weighted by atomic mass is 79.9. The maximum Gasteiger partial charge on any atom is 0.104 e. The van der Waals surface area contributed by atoms with E-state index in [1.807, 2.05) is 36.0 Å². The van der Waals surface area contributed by atoms with E-state index in [-0.39, 0.29) is 5.92 Å². The van der Waals surface area contributed by atoms with E-state index in [1.54, 1.807) is 11.3 Å². The average molecular weight is 416 g/mol. The van der Waals surface area contributed by atoms with E-state index in [0.717, 1.165) is 25.4 Å². The van der Waals surface area contributed by atoms with Crippen LogP contribution in [-0.2, 0) is 0 Å². The van der Waals surface area contributed by atoms with Crippen LogP contribution in [0.15, 0.2) is 70.8 Å². The number of hydrogen-bond donors (Lipinski definition) is 0. The van der Waals surface area contributed by atoms with Gasteiger partial charge in [-0.15, -0.1) is 11.3 Å². The number of nitrogens with zero attached hydrogens (tertiary/aromatic N) is 2. The SMILES string of the molecule is Clc1ccc(C(c2ccc3nccc(Br)c3c2)c2nccs2)cc1. The van der Waals surface area contributed by atoms with Crippen molar-refractivity contribution < 1.29 is 0 Å². The second-order valence-corrected chi connectivity index (χ2v) is 7.64. The van der Waals surface area contributed by atoms with Crippen molar-refractivity contribution in [2.75, 3.05) is 0 Å². The molecule has 0 spiro atoms. The van der Waals surface area contributed by atoms with Gasteiger partial charge in [-0.25, -0.2) is 4.98 Å². The van der Waals surface area contributed by atoms with Crippen LogP contribution in [0.4, 0.5) is 0 Å². The van der Waals surface area contributed by atoms with Crippen molar-refractivity contribution in [1.82, 2.24) is 9.97 Å². The van der Waals surface area contributed by atoms with Gasteiger partial charge in [-0.05, 0) is 41.5 Å². The summed E-state index contributed by atoms with van der Waals surface area (Å²) >= 11 is 11.3. The molecule has 2 aromatic carbocycles. The highest BCUT2D eigenvalue weighted by Gasteiger charge is 2.20. The van der Waals surface area contributed by atoms with Crippen molar-refractivity contribution in [3.63, 3.8) is 0 Å². The molecule has 0 amide bonds. The molecule has 0 fully saturated rings. The first-order valence-corrected chi connectivity index (χ1v) is 9.46. The molecule has 0 N–H and O–H groups in total. The molecule has 5 heteroatoms. The predicted octanol–water partition coefficient (Wildman–Crippen LogP) is 6.29. The molecule has 0 aliphatic heterocycles. The van der Waals surface area contributed by atoms with Crippen LogP contribution in [0.3, 0.4) is 0 Å². The van der Waals surface area contributed by atoms with Crippen molar-refractivity contribution in [3.05, 3.63) is 91.9 Å². The molecule has 2 heterocycles. The Kier molecular flexibility index (Phi) is 4.35. The molecule has 0 bridgehead atoms. The van der Waals surface area contributed by atoms with Gasteiger partial charge in [-0.1, -0.05) is 45.7 Å². The Labute approximate surface area is 157 Å². The summed E-state index contributed by atoms with van der Waals surface area (Å²) in [6.45, 7) is 0. The first-order chi connectivity index (χ1) is 11.7. The minimum atomic E-state index is 0.0822. The zero-order chi connectivity index (χ0) is 16.5.